The molecule has 3 aromatic rings. The minimum absolute atomic E-state index is 0.201. The predicted octanol–water partition coefficient (Wildman–Crippen LogP) is 4.42. The maximum atomic E-state index is 6.24. The van der Waals surface area contributed by atoms with Crippen LogP contribution in [0.1, 0.15) is 24.5 Å². The fraction of sp³-hybridized carbons (Fsp3) is 0.318. The first kappa shape index (κ1) is 16.9. The van der Waals surface area contributed by atoms with Crippen LogP contribution in [-0.2, 0) is 13.1 Å². The molecule has 2 heterocycles. The van der Waals surface area contributed by atoms with Gasteiger partial charge in [-0.2, -0.15) is 0 Å². The third-order valence-electron chi connectivity index (χ3n) is 4.95. The van der Waals surface area contributed by atoms with Gasteiger partial charge in [0.2, 0.25) is 0 Å². The van der Waals surface area contributed by atoms with E-state index in [1.54, 1.807) is 7.11 Å². The summed E-state index contributed by atoms with van der Waals surface area (Å²) in [7, 11) is 1.70. The van der Waals surface area contributed by atoms with E-state index in [2.05, 4.69) is 47.1 Å². The van der Waals surface area contributed by atoms with Crippen molar-refractivity contribution in [2.75, 3.05) is 13.7 Å². The van der Waals surface area contributed by atoms with Crippen molar-refractivity contribution >= 4 is 10.9 Å². The number of nitrogens with zero attached hydrogens (tertiary/aromatic N) is 2. The second-order valence-electron chi connectivity index (χ2n) is 6.82. The number of hydrogen-bond donors (Lipinski definition) is 0. The lowest BCUT2D eigenvalue weighted by Gasteiger charge is -2.23. The molecule has 2 aromatic carbocycles. The van der Waals surface area contributed by atoms with Crippen LogP contribution < -0.4 is 9.47 Å². The zero-order valence-corrected chi connectivity index (χ0v) is 15.3. The van der Waals surface area contributed by atoms with E-state index >= 15 is 0 Å². The quantitative estimate of drug-likeness (QED) is 0.699. The molecule has 4 nitrogen and oxygen atoms in total. The molecule has 1 unspecified atom stereocenters. The molecule has 0 N–H and O–H groups in total. The summed E-state index contributed by atoms with van der Waals surface area (Å²) in [4.78, 5) is 6.87. The average Bonchev–Trinajstić information content (AvgIpc) is 2.85. The van der Waals surface area contributed by atoms with Crippen LogP contribution >= 0.6 is 0 Å². The molecule has 0 fully saturated rings. The molecule has 4 rings (SSSR count). The number of rotatable bonds is 4. The number of hydrogen-bond acceptors (Lipinski definition) is 4. The van der Waals surface area contributed by atoms with E-state index in [0.717, 1.165) is 43.1 Å². The van der Waals surface area contributed by atoms with Gasteiger partial charge in [-0.15, -0.1) is 0 Å². The summed E-state index contributed by atoms with van der Waals surface area (Å²) in [5.74, 6) is 1.85. The van der Waals surface area contributed by atoms with E-state index < -0.39 is 0 Å². The highest BCUT2D eigenvalue weighted by Gasteiger charge is 2.22. The molecule has 134 valence electrons. The number of aromatic nitrogens is 1. The van der Waals surface area contributed by atoms with Crippen LogP contribution in [-0.4, -0.2) is 29.6 Å². The number of fused-ring (bicyclic) bond motifs is 2. The Hall–Kier alpha value is -2.59. The summed E-state index contributed by atoms with van der Waals surface area (Å²) in [6.45, 7) is 4.84. The van der Waals surface area contributed by atoms with E-state index in [1.807, 2.05) is 24.4 Å². The van der Waals surface area contributed by atoms with E-state index in [1.165, 1.54) is 16.5 Å². The molecule has 0 amide bonds. The molecule has 1 aromatic heterocycles. The second kappa shape index (κ2) is 7.34. The molecule has 1 atom stereocenters. The van der Waals surface area contributed by atoms with Gasteiger partial charge in [-0.25, -0.2) is 0 Å². The molecule has 1 aliphatic heterocycles. The van der Waals surface area contributed by atoms with E-state index in [0.29, 0.717) is 0 Å². The molecule has 4 heteroatoms. The minimum atomic E-state index is 0.201. The van der Waals surface area contributed by atoms with Crippen LogP contribution in [0.15, 0.2) is 54.7 Å². The zero-order valence-electron chi connectivity index (χ0n) is 15.3. The predicted molar refractivity (Wildman–Crippen MR) is 104 cm³/mol. The molecular weight excluding hydrogens is 324 g/mol. The minimum Gasteiger partial charge on any atom is -0.497 e. The molecule has 26 heavy (non-hydrogen) atoms. The highest BCUT2D eigenvalue weighted by molar-refractivity contribution is 5.78. The highest BCUT2D eigenvalue weighted by atomic mass is 16.5. The summed E-state index contributed by atoms with van der Waals surface area (Å²) in [6.07, 6.45) is 3.03. The maximum Gasteiger partial charge on any atom is 0.124 e. The second-order valence-corrected chi connectivity index (χ2v) is 6.82. The lowest BCUT2D eigenvalue weighted by Crippen LogP contribution is -2.32. The normalized spacial score (nSPS) is 17.4. The summed E-state index contributed by atoms with van der Waals surface area (Å²) in [6, 6.07) is 16.7. The first-order valence-electron chi connectivity index (χ1n) is 9.14. The van der Waals surface area contributed by atoms with Gasteiger partial charge in [-0.05, 0) is 48.4 Å². The summed E-state index contributed by atoms with van der Waals surface area (Å²) < 4.78 is 11.6. The molecule has 0 bridgehead atoms. The number of ether oxygens (including phenoxy) is 2. The number of benzene rings is 2. The van der Waals surface area contributed by atoms with Crippen molar-refractivity contribution in [3.05, 3.63) is 65.9 Å². The SMILES string of the molecule is CCC1CN(Cc2ccc3ncccc3c2)Cc2cc(OC)ccc2O1. The molecule has 0 saturated heterocycles. The van der Waals surface area contributed by atoms with Gasteiger partial charge >= 0.3 is 0 Å². The summed E-state index contributed by atoms with van der Waals surface area (Å²) in [5, 5.41) is 1.19. The van der Waals surface area contributed by atoms with Crippen molar-refractivity contribution in [2.45, 2.75) is 32.5 Å². The van der Waals surface area contributed by atoms with E-state index in [9.17, 15) is 0 Å². The first-order valence-corrected chi connectivity index (χ1v) is 9.14. The van der Waals surface area contributed by atoms with Crippen LogP contribution in [0.5, 0.6) is 11.5 Å². The van der Waals surface area contributed by atoms with Crippen molar-refractivity contribution in [3.63, 3.8) is 0 Å². The molecule has 0 saturated carbocycles. The van der Waals surface area contributed by atoms with Gasteiger partial charge in [0.05, 0.1) is 12.6 Å². The van der Waals surface area contributed by atoms with Gasteiger partial charge in [-0.3, -0.25) is 9.88 Å². The Balaban J connectivity index is 1.61. The van der Waals surface area contributed by atoms with Crippen molar-refractivity contribution in [1.29, 1.82) is 0 Å². The van der Waals surface area contributed by atoms with Gasteiger partial charge in [0.1, 0.15) is 17.6 Å². The Labute approximate surface area is 154 Å². The summed E-state index contributed by atoms with van der Waals surface area (Å²) in [5.41, 5.74) is 3.52. The Morgan fingerprint density at radius 1 is 1.19 bits per heavy atom. The Morgan fingerprint density at radius 3 is 2.96 bits per heavy atom. The highest BCUT2D eigenvalue weighted by Crippen LogP contribution is 2.30. The summed E-state index contributed by atoms with van der Waals surface area (Å²) >= 11 is 0. The van der Waals surface area contributed by atoms with Crippen LogP contribution in [0.3, 0.4) is 0 Å². The Bertz CT molecular complexity index is 910. The standard InChI is InChI=1S/C22H24N2O2/c1-3-19-15-24(14-18-12-20(25-2)7-9-22(18)26-19)13-16-6-8-21-17(11-16)5-4-10-23-21/h4-12,19H,3,13-15H2,1-2H3. The van der Waals surface area contributed by atoms with Crippen LogP contribution in [0, 0.1) is 0 Å². The van der Waals surface area contributed by atoms with Gasteiger partial charge in [0.15, 0.2) is 0 Å². The van der Waals surface area contributed by atoms with Crippen molar-refractivity contribution in [2.24, 2.45) is 0 Å². The Kier molecular flexibility index (Phi) is 4.76. The Morgan fingerprint density at radius 2 is 2.12 bits per heavy atom. The molecule has 0 radical (unpaired) electrons. The van der Waals surface area contributed by atoms with Gasteiger partial charge < -0.3 is 9.47 Å². The molecule has 1 aliphatic rings. The lowest BCUT2D eigenvalue weighted by molar-refractivity contribution is 0.139. The number of methoxy groups -OCH3 is 1. The third kappa shape index (κ3) is 3.51. The molecule has 0 aliphatic carbocycles. The zero-order chi connectivity index (χ0) is 17.9. The largest absolute Gasteiger partial charge is 0.497 e. The average molecular weight is 348 g/mol. The first-order chi connectivity index (χ1) is 12.7. The van der Waals surface area contributed by atoms with Crippen LogP contribution in [0.2, 0.25) is 0 Å². The van der Waals surface area contributed by atoms with Crippen molar-refractivity contribution < 1.29 is 9.47 Å². The monoisotopic (exact) mass is 348 g/mol. The van der Waals surface area contributed by atoms with Gasteiger partial charge in [-0.1, -0.05) is 19.1 Å². The fourth-order valence-electron chi connectivity index (χ4n) is 3.55. The number of pyridine rings is 1. The molecule has 0 spiro atoms. The van der Waals surface area contributed by atoms with Crippen LogP contribution in [0.4, 0.5) is 0 Å². The molecular formula is C22H24N2O2. The van der Waals surface area contributed by atoms with Crippen molar-refractivity contribution in [1.82, 2.24) is 9.88 Å². The van der Waals surface area contributed by atoms with Crippen LogP contribution in [0.25, 0.3) is 10.9 Å². The van der Waals surface area contributed by atoms with E-state index in [4.69, 9.17) is 9.47 Å². The van der Waals surface area contributed by atoms with Gasteiger partial charge in [0, 0.05) is 36.8 Å². The maximum absolute atomic E-state index is 6.24. The van der Waals surface area contributed by atoms with Gasteiger partial charge in [0.25, 0.3) is 0 Å². The lowest BCUT2D eigenvalue weighted by atomic mass is 10.1. The smallest absolute Gasteiger partial charge is 0.124 e. The van der Waals surface area contributed by atoms with E-state index in [-0.39, 0.29) is 6.10 Å². The third-order valence-corrected chi connectivity index (χ3v) is 4.95. The van der Waals surface area contributed by atoms with Crippen molar-refractivity contribution in [3.8, 4) is 11.5 Å². The fourth-order valence-corrected chi connectivity index (χ4v) is 3.55. The topological polar surface area (TPSA) is 34.6 Å².